The molecule has 0 fully saturated rings. The van der Waals surface area contributed by atoms with Gasteiger partial charge in [-0.15, -0.1) is 0 Å². The number of amides is 4. The molecule has 6 nitrogen and oxygen atoms in total. The maximum absolute atomic E-state index is 11.7. The minimum absolute atomic E-state index is 0.0621. The van der Waals surface area contributed by atoms with Crippen molar-refractivity contribution >= 4 is 17.7 Å². The van der Waals surface area contributed by atoms with E-state index in [1.807, 2.05) is 45.9 Å². The normalized spacial score (nSPS) is 10.4. The van der Waals surface area contributed by atoms with E-state index < -0.39 is 0 Å². The second kappa shape index (κ2) is 8.14. The molecule has 0 bridgehead atoms. The first-order valence-electron chi connectivity index (χ1n) is 7.08. The molecule has 0 aliphatic carbocycles. The molecule has 0 aliphatic rings. The van der Waals surface area contributed by atoms with Crippen LogP contribution in [0.5, 0.6) is 0 Å². The lowest BCUT2D eigenvalue weighted by Gasteiger charge is -2.15. The highest BCUT2D eigenvalue weighted by Crippen LogP contribution is 2.14. The summed E-state index contributed by atoms with van der Waals surface area (Å²) < 4.78 is 0. The molecule has 116 valence electrons. The number of hydrogen-bond acceptors (Lipinski definition) is 2. The van der Waals surface area contributed by atoms with Crippen molar-refractivity contribution < 1.29 is 9.59 Å². The van der Waals surface area contributed by atoms with Crippen LogP contribution >= 0.6 is 0 Å². The van der Waals surface area contributed by atoms with Gasteiger partial charge in [-0.25, -0.2) is 9.59 Å². The fourth-order valence-corrected chi connectivity index (χ4v) is 1.71. The monoisotopic (exact) mass is 292 g/mol. The van der Waals surface area contributed by atoms with Gasteiger partial charge in [-0.3, -0.25) is 0 Å². The summed E-state index contributed by atoms with van der Waals surface area (Å²) in [5.74, 6) is 0. The Morgan fingerprint density at radius 3 is 2.14 bits per heavy atom. The Morgan fingerprint density at radius 2 is 1.52 bits per heavy atom. The van der Waals surface area contributed by atoms with Crippen LogP contribution in [0.15, 0.2) is 24.3 Å². The highest BCUT2D eigenvalue weighted by Gasteiger charge is 2.08. The third kappa shape index (κ3) is 6.65. The third-order valence-corrected chi connectivity index (χ3v) is 2.54. The first-order chi connectivity index (χ1) is 9.88. The minimum Gasteiger partial charge on any atom is -0.336 e. The van der Waals surface area contributed by atoms with Crippen molar-refractivity contribution in [3.05, 3.63) is 29.8 Å². The Kier molecular flexibility index (Phi) is 6.52. The second-order valence-corrected chi connectivity index (χ2v) is 5.39. The number of urea groups is 2. The summed E-state index contributed by atoms with van der Waals surface area (Å²) in [6.45, 7) is 7.92. The number of para-hydroxylation sites is 1. The predicted octanol–water partition coefficient (Wildman–Crippen LogP) is 2.42. The van der Waals surface area contributed by atoms with Crippen LogP contribution in [0, 0.1) is 0 Å². The average Bonchev–Trinajstić information content (AvgIpc) is 2.35. The van der Waals surface area contributed by atoms with Crippen LogP contribution in [0.1, 0.15) is 33.3 Å². The molecule has 1 aromatic rings. The highest BCUT2D eigenvalue weighted by molar-refractivity contribution is 5.90. The first-order valence-corrected chi connectivity index (χ1v) is 7.08. The van der Waals surface area contributed by atoms with Crippen molar-refractivity contribution in [3.63, 3.8) is 0 Å². The van der Waals surface area contributed by atoms with Gasteiger partial charge in [-0.1, -0.05) is 18.2 Å². The Hall–Kier alpha value is -2.24. The number of nitrogens with one attached hydrogen (secondary N) is 4. The van der Waals surface area contributed by atoms with E-state index >= 15 is 0 Å². The van der Waals surface area contributed by atoms with E-state index in [1.165, 1.54) is 0 Å². The standard InChI is InChI=1S/C15H24N4O2/c1-10(2)17-14(20)16-9-12-7-5-6-8-13(12)19-15(21)18-11(3)4/h5-8,10-11H,9H2,1-4H3,(H2,16,17,20)(H2,18,19,21). The molecule has 0 spiro atoms. The third-order valence-electron chi connectivity index (χ3n) is 2.54. The average molecular weight is 292 g/mol. The zero-order valence-corrected chi connectivity index (χ0v) is 13.0. The zero-order chi connectivity index (χ0) is 15.8. The van der Waals surface area contributed by atoms with Gasteiger partial charge in [-0.05, 0) is 39.3 Å². The first kappa shape index (κ1) is 16.8. The summed E-state index contributed by atoms with van der Waals surface area (Å²) in [4.78, 5) is 23.3. The van der Waals surface area contributed by atoms with E-state index in [2.05, 4.69) is 21.3 Å². The summed E-state index contributed by atoms with van der Waals surface area (Å²) >= 11 is 0. The van der Waals surface area contributed by atoms with Crippen LogP contribution in [0.3, 0.4) is 0 Å². The molecule has 0 heterocycles. The molecule has 0 unspecified atom stereocenters. The van der Waals surface area contributed by atoms with Gasteiger partial charge in [-0.2, -0.15) is 0 Å². The molecule has 0 saturated heterocycles. The van der Waals surface area contributed by atoms with Crippen molar-refractivity contribution in [2.45, 2.75) is 46.3 Å². The van der Waals surface area contributed by atoms with Crippen molar-refractivity contribution in [3.8, 4) is 0 Å². The van der Waals surface area contributed by atoms with Crippen molar-refractivity contribution in [1.82, 2.24) is 16.0 Å². The fourth-order valence-electron chi connectivity index (χ4n) is 1.71. The van der Waals surface area contributed by atoms with Gasteiger partial charge >= 0.3 is 12.1 Å². The fraction of sp³-hybridized carbons (Fsp3) is 0.467. The van der Waals surface area contributed by atoms with Crippen LogP contribution in [-0.2, 0) is 6.54 Å². The minimum atomic E-state index is -0.260. The van der Waals surface area contributed by atoms with E-state index in [-0.39, 0.29) is 24.1 Å². The van der Waals surface area contributed by atoms with E-state index in [0.29, 0.717) is 12.2 Å². The van der Waals surface area contributed by atoms with Crippen molar-refractivity contribution in [1.29, 1.82) is 0 Å². The molecule has 1 rings (SSSR count). The van der Waals surface area contributed by atoms with Gasteiger partial charge in [0, 0.05) is 24.3 Å². The maximum Gasteiger partial charge on any atom is 0.319 e. The van der Waals surface area contributed by atoms with Gasteiger partial charge in [0.15, 0.2) is 0 Å². The van der Waals surface area contributed by atoms with Gasteiger partial charge in [0.25, 0.3) is 0 Å². The summed E-state index contributed by atoms with van der Waals surface area (Å²) in [6, 6.07) is 7.02. The summed E-state index contributed by atoms with van der Waals surface area (Å²) in [5.41, 5.74) is 1.52. The number of anilines is 1. The topological polar surface area (TPSA) is 82.3 Å². The van der Waals surface area contributed by atoms with E-state index in [1.54, 1.807) is 6.07 Å². The predicted molar refractivity (Wildman–Crippen MR) is 84.2 cm³/mol. The summed E-state index contributed by atoms with van der Waals surface area (Å²) in [5, 5.41) is 11.1. The quantitative estimate of drug-likeness (QED) is 0.672. The van der Waals surface area contributed by atoms with Crippen molar-refractivity contribution in [2.24, 2.45) is 0 Å². The van der Waals surface area contributed by atoms with Gasteiger partial charge in [0.05, 0.1) is 0 Å². The smallest absolute Gasteiger partial charge is 0.319 e. The van der Waals surface area contributed by atoms with Crippen LogP contribution in [-0.4, -0.2) is 24.1 Å². The number of hydrogen-bond donors (Lipinski definition) is 4. The lowest BCUT2D eigenvalue weighted by Crippen LogP contribution is -2.39. The highest BCUT2D eigenvalue weighted by atomic mass is 16.2. The number of carbonyl (C=O) groups excluding carboxylic acids is 2. The summed E-state index contributed by atoms with van der Waals surface area (Å²) in [7, 11) is 0. The van der Waals surface area contributed by atoms with E-state index in [0.717, 1.165) is 5.56 Å². The number of benzene rings is 1. The Balaban J connectivity index is 2.62. The molecular weight excluding hydrogens is 268 g/mol. The maximum atomic E-state index is 11.7. The Morgan fingerprint density at radius 1 is 0.952 bits per heavy atom. The molecule has 0 aliphatic heterocycles. The number of rotatable bonds is 5. The number of carbonyl (C=O) groups is 2. The molecule has 1 aromatic carbocycles. The van der Waals surface area contributed by atoms with Gasteiger partial charge < -0.3 is 21.3 Å². The molecular formula is C15H24N4O2. The molecule has 0 radical (unpaired) electrons. The molecule has 4 N–H and O–H groups in total. The summed E-state index contributed by atoms with van der Waals surface area (Å²) in [6.07, 6.45) is 0. The molecule has 0 saturated carbocycles. The van der Waals surface area contributed by atoms with Gasteiger partial charge in [0.1, 0.15) is 0 Å². The molecule has 0 aromatic heterocycles. The molecule has 4 amide bonds. The van der Waals surface area contributed by atoms with Crippen LogP contribution in [0.2, 0.25) is 0 Å². The lowest BCUT2D eigenvalue weighted by atomic mass is 10.2. The van der Waals surface area contributed by atoms with Crippen molar-refractivity contribution in [2.75, 3.05) is 5.32 Å². The molecule has 0 atom stereocenters. The second-order valence-electron chi connectivity index (χ2n) is 5.39. The SMILES string of the molecule is CC(C)NC(=O)NCc1ccccc1NC(=O)NC(C)C. The van der Waals surface area contributed by atoms with E-state index in [4.69, 9.17) is 0 Å². The Bertz CT molecular complexity index is 486. The Labute approximate surface area is 125 Å². The van der Waals surface area contributed by atoms with E-state index in [9.17, 15) is 9.59 Å². The van der Waals surface area contributed by atoms with Crippen LogP contribution < -0.4 is 21.3 Å². The molecule has 21 heavy (non-hydrogen) atoms. The van der Waals surface area contributed by atoms with Gasteiger partial charge in [0.2, 0.25) is 0 Å². The lowest BCUT2D eigenvalue weighted by molar-refractivity contribution is 0.238. The largest absolute Gasteiger partial charge is 0.336 e. The van der Waals surface area contributed by atoms with Crippen LogP contribution in [0.4, 0.5) is 15.3 Å². The molecule has 6 heteroatoms. The zero-order valence-electron chi connectivity index (χ0n) is 13.0. The van der Waals surface area contributed by atoms with Crippen LogP contribution in [0.25, 0.3) is 0 Å².